The van der Waals surface area contributed by atoms with Crippen LogP contribution >= 0.6 is 12.4 Å². The smallest absolute Gasteiger partial charge is 0.333 e. The van der Waals surface area contributed by atoms with Gasteiger partial charge in [0, 0.05) is 5.57 Å². The number of nitrogens with one attached hydrogen (secondary N) is 1. The minimum Gasteiger partial charge on any atom is -0.463 e. The van der Waals surface area contributed by atoms with E-state index in [9.17, 15) is 4.79 Å². The van der Waals surface area contributed by atoms with Crippen LogP contribution in [0.1, 0.15) is 40.5 Å². The van der Waals surface area contributed by atoms with Gasteiger partial charge in [-0.25, -0.2) is 4.79 Å². The maximum absolute atomic E-state index is 10.4. The zero-order chi connectivity index (χ0) is 12.1. The van der Waals surface area contributed by atoms with Crippen LogP contribution < -0.4 is 5.32 Å². The summed E-state index contributed by atoms with van der Waals surface area (Å²) in [7, 11) is 0. The molecule has 0 saturated carbocycles. The first-order chi connectivity index (χ1) is 7.09. The zero-order valence-corrected chi connectivity index (χ0v) is 11.8. The summed E-state index contributed by atoms with van der Waals surface area (Å²) in [6.45, 7) is 13.9. The first-order valence-corrected chi connectivity index (χ1v) is 5.63. The second-order valence-electron chi connectivity index (χ2n) is 3.25. The van der Waals surface area contributed by atoms with Crippen LogP contribution in [0.25, 0.3) is 0 Å². The van der Waals surface area contributed by atoms with Crippen LogP contribution in [0.5, 0.6) is 0 Å². The van der Waals surface area contributed by atoms with Crippen molar-refractivity contribution >= 4 is 18.4 Å². The van der Waals surface area contributed by atoms with Crippen LogP contribution in [0.15, 0.2) is 12.2 Å². The molecule has 0 aliphatic rings. The van der Waals surface area contributed by atoms with Crippen molar-refractivity contribution in [2.75, 3.05) is 19.7 Å². The minimum absolute atomic E-state index is 0. The van der Waals surface area contributed by atoms with E-state index >= 15 is 0 Å². The Hall–Kier alpha value is -0.540. The molecule has 0 radical (unpaired) electrons. The highest BCUT2D eigenvalue weighted by Gasteiger charge is 1.98. The van der Waals surface area contributed by atoms with Crippen LogP contribution in [-0.4, -0.2) is 25.7 Å². The van der Waals surface area contributed by atoms with Gasteiger partial charge < -0.3 is 10.1 Å². The van der Waals surface area contributed by atoms with Crippen molar-refractivity contribution in [3.05, 3.63) is 12.2 Å². The average molecular weight is 252 g/mol. The third-order valence-electron chi connectivity index (χ3n) is 1.48. The number of hydrogen-bond acceptors (Lipinski definition) is 3. The molecule has 0 aliphatic heterocycles. The Kier molecular flexibility index (Phi) is 22.0. The third-order valence-corrected chi connectivity index (χ3v) is 1.48. The molecule has 0 rings (SSSR count). The number of carbonyl (C=O) groups is 1. The number of hydrogen-bond donors (Lipinski definition) is 1. The molecule has 0 atom stereocenters. The van der Waals surface area contributed by atoms with E-state index in [1.54, 1.807) is 13.8 Å². The third kappa shape index (κ3) is 19.1. The summed E-state index contributed by atoms with van der Waals surface area (Å²) < 4.78 is 4.56. The Morgan fingerprint density at radius 3 is 1.81 bits per heavy atom. The van der Waals surface area contributed by atoms with Gasteiger partial charge in [-0.2, -0.15) is 0 Å². The van der Waals surface area contributed by atoms with Gasteiger partial charge in [0.15, 0.2) is 0 Å². The fourth-order valence-electron chi connectivity index (χ4n) is 0.733. The molecule has 0 amide bonds. The summed E-state index contributed by atoms with van der Waals surface area (Å²) in [6, 6.07) is 0. The van der Waals surface area contributed by atoms with Gasteiger partial charge in [0.1, 0.15) is 0 Å². The zero-order valence-electron chi connectivity index (χ0n) is 11.0. The average Bonchev–Trinajstić information content (AvgIpc) is 2.20. The van der Waals surface area contributed by atoms with E-state index in [0.717, 1.165) is 0 Å². The molecular formula is C12H26ClNO2. The molecule has 0 saturated heterocycles. The summed E-state index contributed by atoms with van der Waals surface area (Å²) in [5.41, 5.74) is 0.451. The molecule has 0 unspecified atom stereocenters. The molecule has 0 aromatic rings. The van der Waals surface area contributed by atoms with Crippen LogP contribution in [0.2, 0.25) is 0 Å². The Balaban J connectivity index is -0.000000200. The minimum atomic E-state index is -0.312. The van der Waals surface area contributed by atoms with E-state index in [-0.39, 0.29) is 18.4 Å². The van der Waals surface area contributed by atoms with Crippen molar-refractivity contribution in [2.45, 2.75) is 40.5 Å². The second kappa shape index (κ2) is 16.9. The molecule has 0 aromatic carbocycles. The number of rotatable bonds is 6. The second-order valence-corrected chi connectivity index (χ2v) is 3.25. The molecule has 98 valence electrons. The van der Waals surface area contributed by atoms with Gasteiger partial charge in [-0.15, -0.1) is 12.4 Å². The molecule has 0 fully saturated rings. The normalized spacial score (nSPS) is 8.25. The predicted octanol–water partition coefficient (Wildman–Crippen LogP) is 2.94. The molecule has 0 bridgehead atoms. The molecule has 0 spiro atoms. The van der Waals surface area contributed by atoms with Crippen LogP contribution in [0.4, 0.5) is 0 Å². The number of carbonyl (C=O) groups excluding carboxylic acids is 1. The highest BCUT2D eigenvalue weighted by molar-refractivity contribution is 5.86. The molecule has 0 aromatic heterocycles. The van der Waals surface area contributed by atoms with Gasteiger partial charge in [0.25, 0.3) is 0 Å². The summed E-state index contributed by atoms with van der Waals surface area (Å²) in [5, 5.41) is 3.28. The van der Waals surface area contributed by atoms with Crippen molar-refractivity contribution in [1.82, 2.24) is 5.32 Å². The summed E-state index contributed by atoms with van der Waals surface area (Å²) in [4.78, 5) is 10.4. The van der Waals surface area contributed by atoms with Gasteiger partial charge >= 0.3 is 5.97 Å². The Bertz CT molecular complexity index is 168. The largest absolute Gasteiger partial charge is 0.463 e. The fraction of sp³-hybridized carbons (Fsp3) is 0.750. The van der Waals surface area contributed by atoms with E-state index in [2.05, 4.69) is 30.5 Å². The van der Waals surface area contributed by atoms with E-state index in [1.165, 1.54) is 25.9 Å². The Morgan fingerprint density at radius 1 is 1.19 bits per heavy atom. The molecule has 0 aliphatic carbocycles. The van der Waals surface area contributed by atoms with Crippen molar-refractivity contribution in [3.63, 3.8) is 0 Å². The molecule has 1 N–H and O–H groups in total. The lowest BCUT2D eigenvalue weighted by molar-refractivity contribution is -0.138. The van der Waals surface area contributed by atoms with E-state index in [4.69, 9.17) is 0 Å². The first-order valence-electron chi connectivity index (χ1n) is 5.63. The van der Waals surface area contributed by atoms with Crippen molar-refractivity contribution in [3.8, 4) is 0 Å². The number of ether oxygens (including phenoxy) is 1. The lowest BCUT2D eigenvalue weighted by Crippen LogP contribution is -2.14. The maximum atomic E-state index is 10.4. The lowest BCUT2D eigenvalue weighted by atomic mass is 10.4. The van der Waals surface area contributed by atoms with Crippen LogP contribution in [0.3, 0.4) is 0 Å². The molecule has 16 heavy (non-hydrogen) atoms. The van der Waals surface area contributed by atoms with E-state index in [1.807, 2.05) is 0 Å². The lowest BCUT2D eigenvalue weighted by Gasteiger charge is -1.96. The summed E-state index contributed by atoms with van der Waals surface area (Å²) in [6.07, 6.45) is 2.50. The quantitative estimate of drug-likeness (QED) is 0.448. The molecule has 3 nitrogen and oxygen atoms in total. The van der Waals surface area contributed by atoms with Crippen molar-refractivity contribution in [1.29, 1.82) is 0 Å². The van der Waals surface area contributed by atoms with Gasteiger partial charge in [-0.3, -0.25) is 0 Å². The fourth-order valence-corrected chi connectivity index (χ4v) is 0.733. The summed E-state index contributed by atoms with van der Waals surface area (Å²) in [5.74, 6) is -0.312. The van der Waals surface area contributed by atoms with E-state index in [0.29, 0.717) is 12.2 Å². The van der Waals surface area contributed by atoms with Gasteiger partial charge in [0.05, 0.1) is 6.61 Å². The monoisotopic (exact) mass is 251 g/mol. The molecule has 4 heteroatoms. The molecule has 0 heterocycles. The van der Waals surface area contributed by atoms with Crippen LogP contribution in [-0.2, 0) is 9.53 Å². The topological polar surface area (TPSA) is 38.3 Å². The predicted molar refractivity (Wildman–Crippen MR) is 72.1 cm³/mol. The maximum Gasteiger partial charge on any atom is 0.333 e. The SMILES string of the molecule is C=C(C)C(=O)OCC.CCCNCCC.Cl. The van der Waals surface area contributed by atoms with Crippen LogP contribution in [0, 0.1) is 0 Å². The van der Waals surface area contributed by atoms with E-state index < -0.39 is 0 Å². The Labute approximate surface area is 106 Å². The Morgan fingerprint density at radius 2 is 1.62 bits per heavy atom. The number of esters is 1. The molecular weight excluding hydrogens is 226 g/mol. The number of halogens is 1. The standard InChI is InChI=1S/C6H15N.C6H10O2.ClH/c1-3-5-7-6-4-2;1-4-8-6(7)5(2)3;/h7H,3-6H2,1-2H3;2,4H2,1,3H3;1H. The highest BCUT2D eigenvalue weighted by Crippen LogP contribution is 1.89. The highest BCUT2D eigenvalue weighted by atomic mass is 35.5. The van der Waals surface area contributed by atoms with Gasteiger partial charge in [-0.05, 0) is 39.8 Å². The van der Waals surface area contributed by atoms with Gasteiger partial charge in [-0.1, -0.05) is 20.4 Å². The van der Waals surface area contributed by atoms with Crippen molar-refractivity contribution < 1.29 is 9.53 Å². The van der Waals surface area contributed by atoms with Crippen molar-refractivity contribution in [2.24, 2.45) is 0 Å². The summed E-state index contributed by atoms with van der Waals surface area (Å²) >= 11 is 0. The first kappa shape index (κ1) is 20.8. The van der Waals surface area contributed by atoms with Gasteiger partial charge in [0.2, 0.25) is 0 Å².